The summed E-state index contributed by atoms with van der Waals surface area (Å²) in [7, 11) is 0. The zero-order valence-corrected chi connectivity index (χ0v) is 14.4. The molecule has 0 saturated heterocycles. The van der Waals surface area contributed by atoms with E-state index in [1.165, 1.54) is 13.0 Å². The SMILES string of the molecule is CC(=O)Nc1ccc(OC(=O)/C=C/c2ccc3c(c2)OCCCO3)cc1. The van der Waals surface area contributed by atoms with Crippen molar-refractivity contribution in [3.8, 4) is 17.2 Å². The predicted molar refractivity (Wildman–Crippen MR) is 97.5 cm³/mol. The monoisotopic (exact) mass is 353 g/mol. The minimum atomic E-state index is -0.496. The smallest absolute Gasteiger partial charge is 0.336 e. The number of carbonyl (C=O) groups is 2. The molecular formula is C20H19NO5. The molecule has 0 aromatic heterocycles. The molecular weight excluding hydrogens is 334 g/mol. The molecule has 0 spiro atoms. The molecule has 0 fully saturated rings. The van der Waals surface area contributed by atoms with E-state index >= 15 is 0 Å². The van der Waals surface area contributed by atoms with Crippen molar-refractivity contribution in [2.75, 3.05) is 18.5 Å². The third-order valence-corrected chi connectivity index (χ3v) is 3.58. The van der Waals surface area contributed by atoms with Gasteiger partial charge in [-0.25, -0.2) is 4.79 Å². The van der Waals surface area contributed by atoms with Gasteiger partial charge in [-0.1, -0.05) is 6.07 Å². The molecule has 2 aromatic rings. The Balaban J connectivity index is 1.61. The standard InChI is InChI=1S/C20H19NO5/c1-14(22)21-16-5-7-17(8-6-16)26-20(23)10-4-15-3-9-18-19(13-15)25-12-2-11-24-18/h3-10,13H,2,11-12H2,1H3,(H,21,22)/b10-4+. The second kappa shape index (κ2) is 8.20. The van der Waals surface area contributed by atoms with Crippen LogP contribution in [0.4, 0.5) is 5.69 Å². The fourth-order valence-corrected chi connectivity index (χ4v) is 2.41. The fourth-order valence-electron chi connectivity index (χ4n) is 2.41. The lowest BCUT2D eigenvalue weighted by Gasteiger charge is -2.07. The Hall–Kier alpha value is -3.28. The number of hydrogen-bond donors (Lipinski definition) is 1. The maximum atomic E-state index is 12.0. The maximum absolute atomic E-state index is 12.0. The number of ether oxygens (including phenoxy) is 3. The lowest BCUT2D eigenvalue weighted by Crippen LogP contribution is -2.06. The largest absolute Gasteiger partial charge is 0.490 e. The second-order valence-corrected chi connectivity index (χ2v) is 5.72. The first-order valence-corrected chi connectivity index (χ1v) is 8.27. The number of fused-ring (bicyclic) bond motifs is 1. The summed E-state index contributed by atoms with van der Waals surface area (Å²) in [6.45, 7) is 2.67. The highest BCUT2D eigenvalue weighted by Gasteiger charge is 2.10. The zero-order chi connectivity index (χ0) is 18.4. The Morgan fingerprint density at radius 2 is 1.77 bits per heavy atom. The molecule has 1 amide bonds. The number of nitrogens with one attached hydrogen (secondary N) is 1. The normalized spacial score (nSPS) is 13.1. The van der Waals surface area contributed by atoms with Crippen LogP contribution in [0.3, 0.4) is 0 Å². The maximum Gasteiger partial charge on any atom is 0.336 e. The average Bonchev–Trinajstić information content (AvgIpc) is 2.86. The Morgan fingerprint density at radius 3 is 2.50 bits per heavy atom. The third-order valence-electron chi connectivity index (χ3n) is 3.58. The number of esters is 1. The highest BCUT2D eigenvalue weighted by molar-refractivity contribution is 5.90. The van der Waals surface area contributed by atoms with Crippen LogP contribution in [0.1, 0.15) is 18.9 Å². The Bertz CT molecular complexity index is 827. The first-order valence-electron chi connectivity index (χ1n) is 8.27. The van der Waals surface area contributed by atoms with Crippen LogP contribution in [0, 0.1) is 0 Å². The number of carbonyl (C=O) groups excluding carboxylic acids is 2. The second-order valence-electron chi connectivity index (χ2n) is 5.72. The summed E-state index contributed by atoms with van der Waals surface area (Å²) in [6, 6.07) is 12.1. The van der Waals surface area contributed by atoms with Gasteiger partial charge in [-0.3, -0.25) is 4.79 Å². The Labute approximate surface area is 151 Å². The molecule has 1 aliphatic rings. The van der Waals surface area contributed by atoms with E-state index in [4.69, 9.17) is 14.2 Å². The third kappa shape index (κ3) is 4.86. The molecule has 1 N–H and O–H groups in total. The van der Waals surface area contributed by atoms with Gasteiger partial charge in [0.15, 0.2) is 11.5 Å². The van der Waals surface area contributed by atoms with E-state index in [1.54, 1.807) is 30.3 Å². The number of hydrogen-bond acceptors (Lipinski definition) is 5. The summed E-state index contributed by atoms with van der Waals surface area (Å²) in [5.74, 6) is 1.12. The summed E-state index contributed by atoms with van der Waals surface area (Å²) >= 11 is 0. The van der Waals surface area contributed by atoms with Crippen LogP contribution in [0.25, 0.3) is 6.08 Å². The van der Waals surface area contributed by atoms with Crippen molar-refractivity contribution in [1.82, 2.24) is 0 Å². The molecule has 6 nitrogen and oxygen atoms in total. The summed E-state index contributed by atoms with van der Waals surface area (Å²) < 4.78 is 16.4. The van der Waals surface area contributed by atoms with Crippen molar-refractivity contribution in [2.24, 2.45) is 0 Å². The molecule has 26 heavy (non-hydrogen) atoms. The number of benzene rings is 2. The predicted octanol–water partition coefficient (Wildman–Crippen LogP) is 3.43. The first-order chi connectivity index (χ1) is 12.6. The molecule has 0 atom stereocenters. The van der Waals surface area contributed by atoms with Crippen LogP contribution in [0.5, 0.6) is 17.2 Å². The zero-order valence-electron chi connectivity index (χ0n) is 14.4. The van der Waals surface area contributed by atoms with Gasteiger partial charge in [0.1, 0.15) is 5.75 Å². The van der Waals surface area contributed by atoms with Crippen molar-refractivity contribution in [3.63, 3.8) is 0 Å². The van der Waals surface area contributed by atoms with Crippen LogP contribution in [0.2, 0.25) is 0 Å². The molecule has 1 heterocycles. The molecule has 0 aliphatic carbocycles. The van der Waals surface area contributed by atoms with Crippen LogP contribution in [0.15, 0.2) is 48.5 Å². The number of rotatable bonds is 4. The van der Waals surface area contributed by atoms with Crippen molar-refractivity contribution < 1.29 is 23.8 Å². The highest BCUT2D eigenvalue weighted by Crippen LogP contribution is 2.30. The van der Waals surface area contributed by atoms with Gasteiger partial charge < -0.3 is 19.5 Å². The molecule has 134 valence electrons. The van der Waals surface area contributed by atoms with Crippen LogP contribution in [-0.2, 0) is 9.59 Å². The van der Waals surface area contributed by atoms with E-state index < -0.39 is 5.97 Å². The van der Waals surface area contributed by atoms with E-state index in [-0.39, 0.29) is 5.91 Å². The first kappa shape index (κ1) is 17.5. The molecule has 0 bridgehead atoms. The van der Waals surface area contributed by atoms with Gasteiger partial charge in [-0.15, -0.1) is 0 Å². The van der Waals surface area contributed by atoms with Crippen molar-refractivity contribution in [1.29, 1.82) is 0 Å². The van der Waals surface area contributed by atoms with E-state index in [2.05, 4.69) is 5.32 Å². The Kier molecular flexibility index (Phi) is 5.53. The van der Waals surface area contributed by atoms with Crippen LogP contribution >= 0.6 is 0 Å². The van der Waals surface area contributed by atoms with Crippen LogP contribution in [-0.4, -0.2) is 25.1 Å². The van der Waals surface area contributed by atoms with Gasteiger partial charge in [-0.05, 0) is 48.0 Å². The highest BCUT2D eigenvalue weighted by atomic mass is 16.5. The molecule has 0 saturated carbocycles. The van der Waals surface area contributed by atoms with E-state index in [0.717, 1.165) is 12.0 Å². The summed E-state index contributed by atoms with van der Waals surface area (Å²) in [6.07, 6.45) is 3.84. The van der Waals surface area contributed by atoms with E-state index in [9.17, 15) is 9.59 Å². The molecule has 6 heteroatoms. The van der Waals surface area contributed by atoms with Crippen LogP contribution < -0.4 is 19.5 Å². The summed E-state index contributed by atoms with van der Waals surface area (Å²) in [4.78, 5) is 22.9. The van der Waals surface area contributed by atoms with Gasteiger partial charge in [0.05, 0.1) is 13.2 Å². The van der Waals surface area contributed by atoms with Crippen molar-refractivity contribution in [3.05, 3.63) is 54.1 Å². The Morgan fingerprint density at radius 1 is 1.04 bits per heavy atom. The summed E-state index contributed by atoms with van der Waals surface area (Å²) in [5.41, 5.74) is 1.45. The molecule has 3 rings (SSSR count). The average molecular weight is 353 g/mol. The van der Waals surface area contributed by atoms with Gasteiger partial charge in [0, 0.05) is 25.1 Å². The van der Waals surface area contributed by atoms with Gasteiger partial charge in [0.25, 0.3) is 0 Å². The fraction of sp³-hybridized carbons (Fsp3) is 0.200. The summed E-state index contributed by atoms with van der Waals surface area (Å²) in [5, 5.41) is 2.65. The molecule has 0 radical (unpaired) electrons. The quantitative estimate of drug-likeness (QED) is 0.518. The number of anilines is 1. The van der Waals surface area contributed by atoms with E-state index in [0.29, 0.717) is 36.1 Å². The van der Waals surface area contributed by atoms with Gasteiger partial charge in [0.2, 0.25) is 5.91 Å². The van der Waals surface area contributed by atoms with Crippen molar-refractivity contribution >= 4 is 23.6 Å². The number of amides is 1. The van der Waals surface area contributed by atoms with Gasteiger partial charge in [-0.2, -0.15) is 0 Å². The topological polar surface area (TPSA) is 73.9 Å². The van der Waals surface area contributed by atoms with Crippen molar-refractivity contribution in [2.45, 2.75) is 13.3 Å². The molecule has 1 aliphatic heterocycles. The lowest BCUT2D eigenvalue weighted by molar-refractivity contribution is -0.128. The minimum absolute atomic E-state index is 0.159. The minimum Gasteiger partial charge on any atom is -0.490 e. The molecule has 2 aromatic carbocycles. The van der Waals surface area contributed by atoms with E-state index in [1.807, 2.05) is 18.2 Å². The lowest BCUT2D eigenvalue weighted by atomic mass is 10.2. The van der Waals surface area contributed by atoms with Gasteiger partial charge >= 0.3 is 5.97 Å². The molecule has 0 unspecified atom stereocenters.